The fourth-order valence-corrected chi connectivity index (χ4v) is 2.43. The van der Waals surface area contributed by atoms with Crippen LogP contribution in [0.5, 0.6) is 0 Å². The zero-order valence-corrected chi connectivity index (χ0v) is 9.90. The number of hydrogen-bond acceptors (Lipinski definition) is 2. The van der Waals surface area contributed by atoms with E-state index in [0.29, 0.717) is 23.6 Å². The molecular weight excluding hydrogens is 202 g/mol. The van der Waals surface area contributed by atoms with Crippen molar-refractivity contribution in [3.63, 3.8) is 0 Å². The van der Waals surface area contributed by atoms with Gasteiger partial charge < -0.3 is 9.73 Å². The van der Waals surface area contributed by atoms with Crippen LogP contribution in [0.1, 0.15) is 43.7 Å². The van der Waals surface area contributed by atoms with Crippen molar-refractivity contribution in [1.82, 2.24) is 5.32 Å². The monoisotopic (exact) mass is 221 g/mol. The van der Waals surface area contributed by atoms with Gasteiger partial charge >= 0.3 is 0 Å². The molecule has 16 heavy (non-hydrogen) atoms. The highest BCUT2D eigenvalue weighted by Gasteiger charge is 2.28. The molecule has 1 aromatic rings. The number of rotatable bonds is 2. The Balaban J connectivity index is 1.96. The van der Waals surface area contributed by atoms with Gasteiger partial charge in [0.25, 0.3) is 5.91 Å². The minimum Gasteiger partial charge on any atom is -0.459 e. The molecule has 0 unspecified atom stereocenters. The summed E-state index contributed by atoms with van der Waals surface area (Å²) in [5.41, 5.74) is 0. The van der Waals surface area contributed by atoms with Crippen molar-refractivity contribution < 1.29 is 9.21 Å². The van der Waals surface area contributed by atoms with Gasteiger partial charge in [-0.25, -0.2) is 0 Å². The van der Waals surface area contributed by atoms with Crippen LogP contribution in [0.15, 0.2) is 22.8 Å². The lowest BCUT2D eigenvalue weighted by atomic mass is 9.78. The molecule has 0 radical (unpaired) electrons. The van der Waals surface area contributed by atoms with Gasteiger partial charge in [-0.2, -0.15) is 0 Å². The maximum Gasteiger partial charge on any atom is 0.287 e. The largest absolute Gasteiger partial charge is 0.459 e. The summed E-state index contributed by atoms with van der Waals surface area (Å²) in [6, 6.07) is 3.73. The van der Waals surface area contributed by atoms with Gasteiger partial charge in [-0.1, -0.05) is 26.7 Å². The molecule has 2 rings (SSSR count). The van der Waals surface area contributed by atoms with Crippen LogP contribution in [0.3, 0.4) is 0 Å². The first-order valence-electron chi connectivity index (χ1n) is 6.03. The van der Waals surface area contributed by atoms with Crippen molar-refractivity contribution in [1.29, 1.82) is 0 Å². The third-order valence-corrected chi connectivity index (χ3v) is 3.77. The summed E-state index contributed by atoms with van der Waals surface area (Å²) < 4.78 is 5.09. The highest BCUT2D eigenvalue weighted by Crippen LogP contribution is 2.29. The van der Waals surface area contributed by atoms with E-state index in [2.05, 4.69) is 19.2 Å². The van der Waals surface area contributed by atoms with Crippen LogP contribution in [0.2, 0.25) is 0 Å². The SMILES string of the molecule is C[C@@H]1[C@@H](C)CCC[C@H]1NC(=O)c1ccco1. The summed E-state index contributed by atoms with van der Waals surface area (Å²) in [6.45, 7) is 4.48. The molecule has 1 heterocycles. The first-order chi connectivity index (χ1) is 7.68. The van der Waals surface area contributed by atoms with Gasteiger partial charge in [0.15, 0.2) is 5.76 Å². The molecule has 1 aliphatic rings. The van der Waals surface area contributed by atoms with Gasteiger partial charge in [0, 0.05) is 6.04 Å². The summed E-state index contributed by atoms with van der Waals surface area (Å²) in [5.74, 6) is 1.56. The molecule has 1 aromatic heterocycles. The average molecular weight is 221 g/mol. The Labute approximate surface area is 96.2 Å². The van der Waals surface area contributed by atoms with Gasteiger partial charge in [0.1, 0.15) is 0 Å². The molecule has 0 aliphatic heterocycles. The predicted molar refractivity (Wildman–Crippen MR) is 62.1 cm³/mol. The molecule has 1 amide bonds. The van der Waals surface area contributed by atoms with Crippen LogP contribution in [-0.2, 0) is 0 Å². The third kappa shape index (κ3) is 2.29. The molecule has 0 bridgehead atoms. The second-order valence-corrected chi connectivity index (χ2v) is 4.82. The lowest BCUT2D eigenvalue weighted by Gasteiger charge is -2.34. The van der Waals surface area contributed by atoms with Crippen molar-refractivity contribution in [2.45, 2.75) is 39.2 Å². The zero-order chi connectivity index (χ0) is 11.5. The molecule has 3 atom stereocenters. The van der Waals surface area contributed by atoms with E-state index in [0.717, 1.165) is 6.42 Å². The van der Waals surface area contributed by atoms with Crippen molar-refractivity contribution in [3.8, 4) is 0 Å². The van der Waals surface area contributed by atoms with E-state index in [1.165, 1.54) is 19.1 Å². The van der Waals surface area contributed by atoms with Gasteiger partial charge in [-0.05, 0) is 30.4 Å². The fraction of sp³-hybridized carbons (Fsp3) is 0.615. The number of carbonyl (C=O) groups is 1. The van der Waals surface area contributed by atoms with Gasteiger partial charge in [0.2, 0.25) is 0 Å². The van der Waals surface area contributed by atoms with Crippen molar-refractivity contribution in [2.75, 3.05) is 0 Å². The first-order valence-corrected chi connectivity index (χ1v) is 6.03. The standard InChI is InChI=1S/C13H19NO2/c1-9-5-3-6-11(10(9)2)14-13(15)12-7-4-8-16-12/h4,7-11H,3,5-6H2,1-2H3,(H,14,15)/t9-,10+,11+/m0/s1. The Hall–Kier alpha value is -1.25. The van der Waals surface area contributed by atoms with E-state index >= 15 is 0 Å². The summed E-state index contributed by atoms with van der Waals surface area (Å²) in [6.07, 6.45) is 5.09. The Kier molecular flexibility index (Phi) is 3.32. The highest BCUT2D eigenvalue weighted by atomic mass is 16.3. The van der Waals surface area contributed by atoms with E-state index in [4.69, 9.17) is 4.42 Å². The van der Waals surface area contributed by atoms with Crippen LogP contribution in [0.25, 0.3) is 0 Å². The lowest BCUT2D eigenvalue weighted by Crippen LogP contribution is -2.43. The molecule has 1 aliphatic carbocycles. The minimum atomic E-state index is -0.0871. The molecule has 88 valence electrons. The number of furan rings is 1. The van der Waals surface area contributed by atoms with E-state index in [1.54, 1.807) is 12.1 Å². The Morgan fingerprint density at radius 2 is 2.25 bits per heavy atom. The molecule has 0 aromatic carbocycles. The van der Waals surface area contributed by atoms with E-state index in [-0.39, 0.29) is 5.91 Å². The van der Waals surface area contributed by atoms with E-state index in [9.17, 15) is 4.79 Å². The number of amides is 1. The molecule has 1 saturated carbocycles. The summed E-state index contributed by atoms with van der Waals surface area (Å²) >= 11 is 0. The highest BCUT2D eigenvalue weighted by molar-refractivity contribution is 5.91. The zero-order valence-electron chi connectivity index (χ0n) is 9.90. The van der Waals surface area contributed by atoms with Crippen LogP contribution in [0, 0.1) is 11.8 Å². The molecule has 1 fully saturated rings. The van der Waals surface area contributed by atoms with Gasteiger partial charge in [-0.3, -0.25) is 4.79 Å². The van der Waals surface area contributed by atoms with Crippen molar-refractivity contribution >= 4 is 5.91 Å². The van der Waals surface area contributed by atoms with Crippen LogP contribution >= 0.6 is 0 Å². The molecule has 3 heteroatoms. The van der Waals surface area contributed by atoms with Crippen LogP contribution in [-0.4, -0.2) is 11.9 Å². The predicted octanol–water partition coefficient (Wildman–Crippen LogP) is 2.83. The van der Waals surface area contributed by atoms with Crippen LogP contribution in [0.4, 0.5) is 0 Å². The normalized spacial score (nSPS) is 30.0. The molecule has 0 spiro atoms. The second kappa shape index (κ2) is 4.73. The molecule has 0 saturated heterocycles. The third-order valence-electron chi connectivity index (χ3n) is 3.77. The van der Waals surface area contributed by atoms with Crippen LogP contribution < -0.4 is 5.32 Å². The number of carbonyl (C=O) groups excluding carboxylic acids is 1. The Bertz CT molecular complexity index is 345. The van der Waals surface area contributed by atoms with Gasteiger partial charge in [-0.15, -0.1) is 0 Å². The molecule has 1 N–H and O–H groups in total. The molecule has 3 nitrogen and oxygen atoms in total. The smallest absolute Gasteiger partial charge is 0.287 e. The Morgan fingerprint density at radius 3 is 2.94 bits per heavy atom. The first kappa shape index (κ1) is 11.2. The van der Waals surface area contributed by atoms with Crippen molar-refractivity contribution in [3.05, 3.63) is 24.2 Å². The molecular formula is C13H19NO2. The number of hydrogen-bond donors (Lipinski definition) is 1. The maximum absolute atomic E-state index is 11.8. The van der Waals surface area contributed by atoms with Crippen molar-refractivity contribution in [2.24, 2.45) is 11.8 Å². The number of nitrogens with one attached hydrogen (secondary N) is 1. The second-order valence-electron chi connectivity index (χ2n) is 4.82. The minimum absolute atomic E-state index is 0.0871. The fourth-order valence-electron chi connectivity index (χ4n) is 2.43. The van der Waals surface area contributed by atoms with E-state index in [1.807, 2.05) is 0 Å². The van der Waals surface area contributed by atoms with E-state index < -0.39 is 0 Å². The topological polar surface area (TPSA) is 42.2 Å². The van der Waals surface area contributed by atoms with Gasteiger partial charge in [0.05, 0.1) is 6.26 Å². The lowest BCUT2D eigenvalue weighted by molar-refractivity contribution is 0.0863. The summed E-state index contributed by atoms with van der Waals surface area (Å²) in [7, 11) is 0. The summed E-state index contributed by atoms with van der Waals surface area (Å²) in [5, 5.41) is 3.07. The maximum atomic E-state index is 11.8. The Morgan fingerprint density at radius 1 is 1.44 bits per heavy atom. The quantitative estimate of drug-likeness (QED) is 0.834. The average Bonchev–Trinajstić information content (AvgIpc) is 2.78. The summed E-state index contributed by atoms with van der Waals surface area (Å²) in [4.78, 5) is 11.8.